The lowest BCUT2D eigenvalue weighted by Gasteiger charge is -2.36. The highest BCUT2D eigenvalue weighted by Crippen LogP contribution is 2.26. The molecule has 45 heavy (non-hydrogen) atoms. The minimum Gasteiger partial charge on any atom is -0.379 e. The van der Waals surface area contributed by atoms with Crippen LogP contribution < -0.4 is 20.3 Å². The molecule has 3 heterocycles. The van der Waals surface area contributed by atoms with Gasteiger partial charge in [0.15, 0.2) is 0 Å². The minimum absolute atomic E-state index is 0.0121. The summed E-state index contributed by atoms with van der Waals surface area (Å²) in [5, 5.41) is 1.07. The van der Waals surface area contributed by atoms with Gasteiger partial charge in [0.1, 0.15) is 22.3 Å². The third kappa shape index (κ3) is 6.30. The number of piperazine rings is 1. The summed E-state index contributed by atoms with van der Waals surface area (Å²) in [7, 11) is -4.16. The molecule has 6 rings (SSSR count). The molecule has 1 aliphatic rings. The van der Waals surface area contributed by atoms with Gasteiger partial charge in [-0.1, -0.05) is 35.9 Å². The van der Waals surface area contributed by atoms with Gasteiger partial charge in [0.25, 0.3) is 11.5 Å². The van der Waals surface area contributed by atoms with Crippen molar-refractivity contribution in [2.75, 3.05) is 31.1 Å². The Morgan fingerprint density at radius 1 is 0.978 bits per heavy atom. The van der Waals surface area contributed by atoms with Gasteiger partial charge in [0.2, 0.25) is 0 Å². The van der Waals surface area contributed by atoms with Crippen LogP contribution in [0, 0.1) is 5.82 Å². The molecular formula is C31H25ClFN5O6S. The van der Waals surface area contributed by atoms with Crippen LogP contribution in [0.2, 0.25) is 5.02 Å². The van der Waals surface area contributed by atoms with E-state index >= 15 is 0 Å². The molecule has 0 saturated carbocycles. The average Bonchev–Trinajstić information content (AvgIpc) is 3.03. The van der Waals surface area contributed by atoms with Crippen LogP contribution in [0.4, 0.5) is 10.2 Å². The van der Waals surface area contributed by atoms with E-state index in [2.05, 4.69) is 9.97 Å². The first-order valence-electron chi connectivity index (χ1n) is 13.8. The number of pyridine rings is 1. The molecular weight excluding hydrogens is 625 g/mol. The van der Waals surface area contributed by atoms with Crippen LogP contribution in [-0.4, -0.2) is 59.9 Å². The number of carbonyl (C=O) groups excluding carboxylic acids is 1. The molecule has 0 radical (unpaired) electrons. The number of hydrogen-bond donors (Lipinski definition) is 1. The van der Waals surface area contributed by atoms with Gasteiger partial charge >= 0.3 is 15.8 Å². The Hall–Kier alpha value is -5.01. The number of fused-ring (bicyclic) bond motifs is 1. The molecule has 1 amide bonds. The lowest BCUT2D eigenvalue weighted by Crippen LogP contribution is -2.50. The van der Waals surface area contributed by atoms with E-state index in [1.54, 1.807) is 41.4 Å². The van der Waals surface area contributed by atoms with Crippen molar-refractivity contribution in [3.05, 3.63) is 128 Å². The second kappa shape index (κ2) is 12.2. The zero-order valence-electron chi connectivity index (χ0n) is 23.5. The maximum absolute atomic E-state index is 13.9. The number of H-pyrrole nitrogens is 1. The third-order valence-electron chi connectivity index (χ3n) is 7.45. The minimum atomic E-state index is -4.16. The number of nitrogens with zero attached hydrogens (tertiary/aromatic N) is 4. The van der Waals surface area contributed by atoms with Gasteiger partial charge in [0.05, 0.1) is 11.6 Å². The summed E-state index contributed by atoms with van der Waals surface area (Å²) in [5.74, 6) is -0.588. The second-order valence-corrected chi connectivity index (χ2v) is 12.2. The Morgan fingerprint density at radius 3 is 2.47 bits per heavy atom. The predicted octanol–water partition coefficient (Wildman–Crippen LogP) is 3.66. The number of carbonyl (C=O) groups is 1. The lowest BCUT2D eigenvalue weighted by atomic mass is 10.1. The van der Waals surface area contributed by atoms with E-state index in [0.29, 0.717) is 35.2 Å². The number of hydrogen-bond acceptors (Lipinski definition) is 8. The first-order chi connectivity index (χ1) is 21.6. The molecule has 1 aliphatic heterocycles. The summed E-state index contributed by atoms with van der Waals surface area (Å²) in [6, 6.07) is 17.9. The number of rotatable bonds is 7. The summed E-state index contributed by atoms with van der Waals surface area (Å²) in [6.45, 7) is 1.26. The molecule has 0 spiro atoms. The van der Waals surface area contributed by atoms with Gasteiger partial charge < -0.3 is 14.0 Å². The Kier molecular flexibility index (Phi) is 8.12. The maximum atomic E-state index is 13.9. The van der Waals surface area contributed by atoms with Gasteiger partial charge in [-0.3, -0.25) is 24.1 Å². The first kappa shape index (κ1) is 30.0. The van der Waals surface area contributed by atoms with Crippen LogP contribution >= 0.6 is 11.6 Å². The van der Waals surface area contributed by atoms with Crippen molar-refractivity contribution in [1.82, 2.24) is 19.4 Å². The molecule has 1 saturated heterocycles. The summed E-state index contributed by atoms with van der Waals surface area (Å²) in [4.78, 5) is 47.8. The molecule has 11 nitrogen and oxygen atoms in total. The zero-order chi connectivity index (χ0) is 31.7. The van der Waals surface area contributed by atoms with Crippen LogP contribution in [0.25, 0.3) is 10.8 Å². The third-order valence-corrected chi connectivity index (χ3v) is 9.06. The van der Waals surface area contributed by atoms with E-state index in [4.69, 9.17) is 15.8 Å². The van der Waals surface area contributed by atoms with Gasteiger partial charge in [-0.05, 0) is 48.0 Å². The highest BCUT2D eigenvalue weighted by molar-refractivity contribution is 7.87. The molecule has 0 bridgehead atoms. The van der Waals surface area contributed by atoms with Crippen molar-refractivity contribution in [2.24, 2.45) is 0 Å². The topological polar surface area (TPSA) is 135 Å². The number of halogens is 2. The largest absolute Gasteiger partial charge is 0.379 e. The monoisotopic (exact) mass is 649 g/mol. The van der Waals surface area contributed by atoms with E-state index in [-0.39, 0.29) is 46.8 Å². The Balaban J connectivity index is 1.17. The van der Waals surface area contributed by atoms with Gasteiger partial charge in [-0.25, -0.2) is 9.18 Å². The molecule has 0 unspecified atom stereocenters. The lowest BCUT2D eigenvalue weighted by molar-refractivity contribution is 0.0745. The highest BCUT2D eigenvalue weighted by Gasteiger charge is 2.25. The first-order valence-corrected chi connectivity index (χ1v) is 15.6. The van der Waals surface area contributed by atoms with E-state index in [9.17, 15) is 27.2 Å². The van der Waals surface area contributed by atoms with Crippen molar-refractivity contribution in [3.63, 3.8) is 0 Å². The SMILES string of the molecule is O=C(c1ccc(Cl)c(F)c1)N1CCN(c2cc(=O)[nH]c(=O)n2Cc2ccc(OS(=O)(=O)c3cccc4cnccc34)cc2)CC1. The number of aromatic amines is 1. The van der Waals surface area contributed by atoms with Crippen molar-refractivity contribution in [2.45, 2.75) is 11.4 Å². The molecule has 0 atom stereocenters. The predicted molar refractivity (Wildman–Crippen MR) is 166 cm³/mol. The van der Waals surface area contributed by atoms with Crippen molar-refractivity contribution >= 4 is 44.2 Å². The van der Waals surface area contributed by atoms with Gasteiger partial charge in [-0.2, -0.15) is 8.42 Å². The average molecular weight is 650 g/mol. The number of anilines is 1. The standard InChI is InChI=1S/C31H25ClFN5O6S/c32-25-9-6-21(16-26(25)33)30(40)37-14-12-36(13-15-37)29-17-28(39)35-31(41)38(29)19-20-4-7-23(8-5-20)44-45(42,43)27-3-1-2-22-18-34-11-10-24(22)27/h1-11,16-18H,12-15,19H2,(H,35,39,41). The molecule has 2 aromatic heterocycles. The summed E-state index contributed by atoms with van der Waals surface area (Å²) in [5.41, 5.74) is -0.376. The fourth-order valence-corrected chi connectivity index (χ4v) is 6.46. The highest BCUT2D eigenvalue weighted by atomic mass is 35.5. The quantitative estimate of drug-likeness (QED) is 0.264. The molecule has 3 aromatic carbocycles. The van der Waals surface area contributed by atoms with Crippen LogP contribution in [0.3, 0.4) is 0 Å². The van der Waals surface area contributed by atoms with Crippen LogP contribution in [0.5, 0.6) is 5.75 Å². The number of amides is 1. The zero-order valence-corrected chi connectivity index (χ0v) is 25.1. The molecule has 1 fully saturated rings. The maximum Gasteiger partial charge on any atom is 0.339 e. The number of benzene rings is 3. The van der Waals surface area contributed by atoms with Crippen molar-refractivity contribution in [1.29, 1.82) is 0 Å². The van der Waals surface area contributed by atoms with Gasteiger partial charge in [0, 0.05) is 61.0 Å². The summed E-state index contributed by atoms with van der Waals surface area (Å²) in [6.07, 6.45) is 3.07. The van der Waals surface area contributed by atoms with Crippen molar-refractivity contribution < 1.29 is 21.8 Å². The van der Waals surface area contributed by atoms with Gasteiger partial charge in [-0.15, -0.1) is 0 Å². The second-order valence-electron chi connectivity index (χ2n) is 10.3. The molecule has 14 heteroatoms. The van der Waals surface area contributed by atoms with E-state index in [1.165, 1.54) is 47.2 Å². The normalized spacial score (nSPS) is 13.6. The van der Waals surface area contributed by atoms with Crippen LogP contribution in [0.15, 0.2) is 99.7 Å². The molecule has 5 aromatic rings. The van der Waals surface area contributed by atoms with Crippen LogP contribution in [0.1, 0.15) is 15.9 Å². The molecule has 0 aliphatic carbocycles. The van der Waals surface area contributed by atoms with E-state index in [1.807, 2.05) is 4.90 Å². The van der Waals surface area contributed by atoms with Crippen LogP contribution in [-0.2, 0) is 16.7 Å². The Labute approximate surface area is 261 Å². The number of aromatic nitrogens is 3. The summed E-state index contributed by atoms with van der Waals surface area (Å²) < 4.78 is 46.9. The fraction of sp³-hybridized carbons (Fsp3) is 0.161. The fourth-order valence-electron chi connectivity index (χ4n) is 5.19. The number of nitrogens with one attached hydrogen (secondary N) is 1. The van der Waals surface area contributed by atoms with E-state index < -0.39 is 27.2 Å². The smallest absolute Gasteiger partial charge is 0.339 e. The van der Waals surface area contributed by atoms with E-state index in [0.717, 1.165) is 6.07 Å². The van der Waals surface area contributed by atoms with Crippen molar-refractivity contribution in [3.8, 4) is 5.75 Å². The summed E-state index contributed by atoms with van der Waals surface area (Å²) >= 11 is 5.74. The molecule has 230 valence electrons. The Bertz CT molecular complexity index is 2140. The Morgan fingerprint density at radius 2 is 1.73 bits per heavy atom. The molecule has 1 N–H and O–H groups in total.